The highest BCUT2D eigenvalue weighted by Crippen LogP contribution is 2.43. The highest BCUT2D eigenvalue weighted by Gasteiger charge is 2.44. The quantitative estimate of drug-likeness (QED) is 0.354. The largest absolute Gasteiger partial charge is 0.451 e. The number of likely N-dealkylation sites (tertiary alicyclic amines) is 1. The third-order valence-electron chi connectivity index (χ3n) is 8.78. The summed E-state index contributed by atoms with van der Waals surface area (Å²) >= 11 is 0. The van der Waals surface area contributed by atoms with Crippen molar-refractivity contribution in [3.05, 3.63) is 76.4 Å². The summed E-state index contributed by atoms with van der Waals surface area (Å²) in [7, 11) is 3.46. The molecule has 2 aliphatic rings. The SMILES string of the molecule is CC(C)N(C)C(=O)c1cc(F)ccc1Oc1cncnc1N1CCC2(CCN(Cc3ccc4c(c3)[nH]c(=O)n4C)C2)C1. The van der Waals surface area contributed by atoms with Crippen LogP contribution in [0.2, 0.25) is 0 Å². The van der Waals surface area contributed by atoms with Crippen LogP contribution in [0.5, 0.6) is 11.5 Å². The van der Waals surface area contributed by atoms with Crippen molar-refractivity contribution in [3.63, 3.8) is 0 Å². The fourth-order valence-corrected chi connectivity index (χ4v) is 6.17. The van der Waals surface area contributed by atoms with Gasteiger partial charge in [-0.25, -0.2) is 19.2 Å². The van der Waals surface area contributed by atoms with Crippen LogP contribution in [0.15, 0.2) is 53.7 Å². The van der Waals surface area contributed by atoms with Gasteiger partial charge in [0, 0.05) is 51.7 Å². The Morgan fingerprint density at radius 2 is 1.95 bits per heavy atom. The highest BCUT2D eigenvalue weighted by atomic mass is 19.1. The molecule has 0 aliphatic carbocycles. The van der Waals surface area contributed by atoms with E-state index in [2.05, 4.69) is 36.9 Å². The van der Waals surface area contributed by atoms with Crippen molar-refractivity contribution in [1.29, 1.82) is 0 Å². The van der Waals surface area contributed by atoms with Gasteiger partial charge in [0.05, 0.1) is 22.8 Å². The summed E-state index contributed by atoms with van der Waals surface area (Å²) < 4.78 is 22.0. The minimum absolute atomic E-state index is 0.0544. The first kappa shape index (κ1) is 27.9. The van der Waals surface area contributed by atoms with Crippen LogP contribution in [-0.4, -0.2) is 74.5 Å². The predicted octanol–water partition coefficient (Wildman–Crippen LogP) is 4.17. The van der Waals surface area contributed by atoms with E-state index in [4.69, 9.17) is 4.74 Å². The summed E-state index contributed by atoms with van der Waals surface area (Å²) in [6.07, 6.45) is 5.20. The lowest BCUT2D eigenvalue weighted by Gasteiger charge is -2.26. The third kappa shape index (κ3) is 5.24. The number of hydrogen-bond donors (Lipinski definition) is 1. The first-order valence-electron chi connectivity index (χ1n) is 14.3. The number of rotatable bonds is 7. The van der Waals surface area contributed by atoms with Gasteiger partial charge in [-0.15, -0.1) is 0 Å². The molecule has 0 saturated carbocycles. The summed E-state index contributed by atoms with van der Waals surface area (Å²) in [6, 6.07) is 10.1. The molecule has 220 valence electrons. The van der Waals surface area contributed by atoms with E-state index in [-0.39, 0.29) is 34.4 Å². The second kappa shape index (κ2) is 10.9. The number of halogens is 1. The number of ether oxygens (including phenoxy) is 1. The molecule has 0 bridgehead atoms. The molecule has 2 aromatic carbocycles. The molecule has 1 N–H and O–H groups in total. The molecule has 4 aromatic rings. The summed E-state index contributed by atoms with van der Waals surface area (Å²) in [4.78, 5) is 43.0. The minimum atomic E-state index is -0.503. The number of aromatic nitrogens is 4. The Hall–Kier alpha value is -4.25. The van der Waals surface area contributed by atoms with E-state index in [0.717, 1.165) is 56.6 Å². The van der Waals surface area contributed by atoms with E-state index < -0.39 is 5.82 Å². The number of hydrogen-bond acceptors (Lipinski definition) is 7. The number of fused-ring (bicyclic) bond motifs is 1. The average Bonchev–Trinajstić information content (AvgIpc) is 3.66. The van der Waals surface area contributed by atoms with E-state index in [0.29, 0.717) is 11.6 Å². The van der Waals surface area contributed by atoms with Crippen LogP contribution >= 0.6 is 0 Å². The zero-order valence-corrected chi connectivity index (χ0v) is 24.4. The molecular weight excluding hydrogens is 537 g/mol. The summed E-state index contributed by atoms with van der Waals surface area (Å²) in [6.45, 7) is 8.23. The van der Waals surface area contributed by atoms with Gasteiger partial charge in [0.15, 0.2) is 11.6 Å². The number of nitrogens with one attached hydrogen (secondary N) is 1. The van der Waals surface area contributed by atoms with Crippen molar-refractivity contribution < 1.29 is 13.9 Å². The molecular formula is C31H36FN7O3. The lowest BCUT2D eigenvalue weighted by Crippen LogP contribution is -2.33. The van der Waals surface area contributed by atoms with Crippen LogP contribution in [0.3, 0.4) is 0 Å². The monoisotopic (exact) mass is 573 g/mol. The van der Waals surface area contributed by atoms with Crippen LogP contribution in [-0.2, 0) is 13.6 Å². The lowest BCUT2D eigenvalue weighted by atomic mass is 9.86. The first-order valence-corrected chi connectivity index (χ1v) is 14.3. The molecule has 6 rings (SSSR count). The normalized spacial score (nSPS) is 19.0. The Kier molecular flexibility index (Phi) is 7.22. The number of imidazole rings is 1. The van der Waals surface area contributed by atoms with Gasteiger partial charge in [0.2, 0.25) is 0 Å². The van der Waals surface area contributed by atoms with Crippen molar-refractivity contribution in [1.82, 2.24) is 29.3 Å². The zero-order chi connectivity index (χ0) is 29.6. The van der Waals surface area contributed by atoms with Crippen molar-refractivity contribution in [2.24, 2.45) is 12.5 Å². The Balaban J connectivity index is 1.17. The lowest BCUT2D eigenvalue weighted by molar-refractivity contribution is 0.0751. The topological polar surface area (TPSA) is 99.6 Å². The number of nitrogens with zero attached hydrogens (tertiary/aromatic N) is 6. The fourth-order valence-electron chi connectivity index (χ4n) is 6.17. The van der Waals surface area contributed by atoms with Gasteiger partial charge in [-0.05, 0) is 69.1 Å². The number of aryl methyl sites for hydroxylation is 1. The standard InChI is InChI=1S/C31H36FN7O3/c1-20(2)36(3)29(40)23-14-22(32)6-8-26(23)42-27-15-33-19-34-28(27)39-12-10-31(18-39)9-11-38(17-31)16-21-5-7-25-24(13-21)35-30(41)37(25)4/h5-8,13-15,19-20H,9-12,16-18H2,1-4H3,(H,35,41). The molecule has 0 radical (unpaired) electrons. The number of anilines is 1. The number of H-pyrrole nitrogens is 1. The summed E-state index contributed by atoms with van der Waals surface area (Å²) in [5, 5.41) is 0. The smallest absolute Gasteiger partial charge is 0.326 e. The second-order valence-electron chi connectivity index (χ2n) is 11.9. The number of benzene rings is 2. The molecule has 10 nitrogen and oxygen atoms in total. The van der Waals surface area contributed by atoms with Gasteiger partial charge in [0.25, 0.3) is 5.91 Å². The van der Waals surface area contributed by atoms with Crippen LogP contribution in [0, 0.1) is 11.2 Å². The Morgan fingerprint density at radius 1 is 1.14 bits per heavy atom. The molecule has 2 saturated heterocycles. The van der Waals surface area contributed by atoms with Crippen molar-refractivity contribution in [2.45, 2.75) is 39.3 Å². The van der Waals surface area contributed by atoms with E-state index >= 15 is 0 Å². The van der Waals surface area contributed by atoms with Gasteiger partial charge < -0.3 is 19.5 Å². The van der Waals surface area contributed by atoms with Crippen LogP contribution in [0.4, 0.5) is 10.2 Å². The Labute approximate surface area is 243 Å². The van der Waals surface area contributed by atoms with Gasteiger partial charge in [-0.3, -0.25) is 14.3 Å². The molecule has 1 spiro atoms. The maximum Gasteiger partial charge on any atom is 0.326 e. The number of carbonyl (C=O) groups is 1. The molecule has 2 fully saturated rings. The number of carbonyl (C=O) groups excluding carboxylic acids is 1. The zero-order valence-electron chi connectivity index (χ0n) is 24.4. The molecule has 1 unspecified atom stereocenters. The Morgan fingerprint density at radius 3 is 2.76 bits per heavy atom. The van der Waals surface area contributed by atoms with Gasteiger partial charge >= 0.3 is 5.69 Å². The van der Waals surface area contributed by atoms with Gasteiger partial charge in [-0.1, -0.05) is 6.07 Å². The van der Waals surface area contributed by atoms with Crippen molar-refractivity contribution >= 4 is 22.8 Å². The minimum Gasteiger partial charge on any atom is -0.451 e. The van der Waals surface area contributed by atoms with E-state index in [1.807, 2.05) is 19.9 Å². The van der Waals surface area contributed by atoms with Gasteiger partial charge in [-0.2, -0.15) is 0 Å². The van der Waals surface area contributed by atoms with E-state index in [1.54, 1.807) is 29.8 Å². The Bertz CT molecular complexity index is 1700. The van der Waals surface area contributed by atoms with E-state index in [9.17, 15) is 14.0 Å². The van der Waals surface area contributed by atoms with Crippen LogP contribution in [0.1, 0.15) is 42.6 Å². The molecule has 2 aromatic heterocycles. The number of amides is 1. The fraction of sp³-hybridized carbons (Fsp3) is 0.419. The van der Waals surface area contributed by atoms with Crippen LogP contribution < -0.4 is 15.3 Å². The molecule has 42 heavy (non-hydrogen) atoms. The number of aromatic amines is 1. The molecule has 1 amide bonds. The maximum atomic E-state index is 14.2. The molecule has 4 heterocycles. The molecule has 1 atom stereocenters. The highest BCUT2D eigenvalue weighted by molar-refractivity contribution is 5.97. The third-order valence-corrected chi connectivity index (χ3v) is 8.78. The predicted molar refractivity (Wildman–Crippen MR) is 158 cm³/mol. The van der Waals surface area contributed by atoms with Crippen LogP contribution in [0.25, 0.3) is 11.0 Å². The second-order valence-corrected chi connectivity index (χ2v) is 11.9. The maximum absolute atomic E-state index is 14.2. The summed E-state index contributed by atoms with van der Waals surface area (Å²) in [5.41, 5.74) is 3.12. The molecule has 2 aliphatic heterocycles. The summed E-state index contributed by atoms with van der Waals surface area (Å²) in [5.74, 6) is 0.544. The van der Waals surface area contributed by atoms with Gasteiger partial charge in [0.1, 0.15) is 17.9 Å². The average molecular weight is 574 g/mol. The van der Waals surface area contributed by atoms with E-state index in [1.165, 1.54) is 30.1 Å². The van der Waals surface area contributed by atoms with Crippen molar-refractivity contribution in [3.8, 4) is 11.5 Å². The van der Waals surface area contributed by atoms with Crippen molar-refractivity contribution in [2.75, 3.05) is 38.1 Å². The first-order chi connectivity index (χ1) is 20.1. The molecule has 11 heteroatoms.